The van der Waals surface area contributed by atoms with E-state index in [0.29, 0.717) is 6.54 Å². The van der Waals surface area contributed by atoms with Crippen LogP contribution in [0, 0.1) is 0 Å². The van der Waals surface area contributed by atoms with Gasteiger partial charge in [0.2, 0.25) is 5.91 Å². The highest BCUT2D eigenvalue weighted by Gasteiger charge is 2.50. The lowest BCUT2D eigenvalue weighted by molar-refractivity contribution is -0.134. The second-order valence-corrected chi connectivity index (χ2v) is 5.93. The Morgan fingerprint density at radius 2 is 1.88 bits per heavy atom. The zero-order chi connectivity index (χ0) is 17.3. The lowest BCUT2D eigenvalue weighted by Crippen LogP contribution is -2.43. The smallest absolute Gasteiger partial charge is 0.325 e. The van der Waals surface area contributed by atoms with Crippen molar-refractivity contribution in [3.63, 3.8) is 0 Å². The first kappa shape index (κ1) is 16.0. The van der Waals surface area contributed by atoms with Crippen LogP contribution in [0.15, 0.2) is 42.5 Å². The Kier molecular flexibility index (Phi) is 3.97. The molecule has 1 unspecified atom stereocenters. The van der Waals surface area contributed by atoms with Crippen molar-refractivity contribution in [3.05, 3.63) is 48.0 Å². The van der Waals surface area contributed by atoms with E-state index in [1.54, 1.807) is 13.8 Å². The molecule has 6 nitrogen and oxygen atoms in total. The molecule has 4 amide bonds. The summed E-state index contributed by atoms with van der Waals surface area (Å²) in [6.07, 6.45) is 0. The fourth-order valence-corrected chi connectivity index (χ4v) is 3.08. The molecule has 2 aromatic carbocycles. The number of urea groups is 1. The summed E-state index contributed by atoms with van der Waals surface area (Å²) in [6, 6.07) is 12.8. The van der Waals surface area contributed by atoms with Gasteiger partial charge < -0.3 is 10.6 Å². The minimum Gasteiger partial charge on any atom is -0.355 e. The van der Waals surface area contributed by atoms with E-state index < -0.39 is 17.5 Å². The standard InChI is InChI=1S/C18H19N3O3/c1-3-19-15(22)11-21-16(23)18(2,20-17(21)24)14-10-6-8-12-7-4-5-9-13(12)14/h4-10H,3,11H2,1-2H3,(H,19,22)(H,20,24). The first-order chi connectivity index (χ1) is 11.5. The first-order valence-corrected chi connectivity index (χ1v) is 7.86. The number of nitrogens with one attached hydrogen (secondary N) is 2. The average Bonchev–Trinajstić information content (AvgIpc) is 2.79. The Hall–Kier alpha value is -2.89. The molecular formula is C18H19N3O3. The molecule has 1 atom stereocenters. The van der Waals surface area contributed by atoms with E-state index in [0.717, 1.165) is 21.2 Å². The molecule has 1 aliphatic heterocycles. The summed E-state index contributed by atoms with van der Waals surface area (Å²) in [5, 5.41) is 7.23. The van der Waals surface area contributed by atoms with Crippen molar-refractivity contribution in [3.8, 4) is 0 Å². The summed E-state index contributed by atoms with van der Waals surface area (Å²) in [5.74, 6) is -0.779. The van der Waals surface area contributed by atoms with Crippen molar-refractivity contribution in [1.82, 2.24) is 15.5 Å². The van der Waals surface area contributed by atoms with Gasteiger partial charge in [0.1, 0.15) is 12.1 Å². The van der Waals surface area contributed by atoms with E-state index in [1.165, 1.54) is 0 Å². The maximum atomic E-state index is 12.9. The van der Waals surface area contributed by atoms with Gasteiger partial charge in [-0.1, -0.05) is 42.5 Å². The highest BCUT2D eigenvalue weighted by Crippen LogP contribution is 2.33. The van der Waals surface area contributed by atoms with Crippen LogP contribution in [0.4, 0.5) is 4.79 Å². The van der Waals surface area contributed by atoms with Crippen LogP contribution in [-0.2, 0) is 15.1 Å². The number of amides is 4. The molecular weight excluding hydrogens is 306 g/mol. The fourth-order valence-electron chi connectivity index (χ4n) is 3.08. The minimum absolute atomic E-state index is 0.279. The largest absolute Gasteiger partial charge is 0.355 e. The summed E-state index contributed by atoms with van der Waals surface area (Å²) >= 11 is 0. The van der Waals surface area contributed by atoms with E-state index in [-0.39, 0.29) is 12.5 Å². The molecule has 0 radical (unpaired) electrons. The van der Waals surface area contributed by atoms with Crippen LogP contribution in [0.5, 0.6) is 0 Å². The summed E-state index contributed by atoms with van der Waals surface area (Å²) in [5.41, 5.74) is -0.470. The second kappa shape index (κ2) is 5.96. The van der Waals surface area contributed by atoms with Crippen LogP contribution in [-0.4, -0.2) is 35.8 Å². The van der Waals surface area contributed by atoms with Crippen LogP contribution in [0.3, 0.4) is 0 Å². The van der Waals surface area contributed by atoms with Crippen molar-refractivity contribution in [2.75, 3.05) is 13.1 Å². The number of nitrogens with zero attached hydrogens (tertiary/aromatic N) is 1. The van der Waals surface area contributed by atoms with Crippen LogP contribution >= 0.6 is 0 Å². The molecule has 0 aliphatic carbocycles. The first-order valence-electron chi connectivity index (χ1n) is 7.86. The van der Waals surface area contributed by atoms with Crippen LogP contribution in [0.1, 0.15) is 19.4 Å². The zero-order valence-corrected chi connectivity index (χ0v) is 13.6. The van der Waals surface area contributed by atoms with Gasteiger partial charge in [-0.05, 0) is 30.2 Å². The summed E-state index contributed by atoms with van der Waals surface area (Å²) in [4.78, 5) is 37.9. The fraction of sp³-hybridized carbons (Fsp3) is 0.278. The molecule has 1 fully saturated rings. The number of imide groups is 1. The Balaban J connectivity index is 2.00. The normalized spacial score (nSPS) is 20.3. The number of carbonyl (C=O) groups excluding carboxylic acids is 3. The number of likely N-dealkylation sites (N-methyl/N-ethyl adjacent to an activating group) is 1. The van der Waals surface area contributed by atoms with Crippen LogP contribution in [0.2, 0.25) is 0 Å². The lowest BCUT2D eigenvalue weighted by Gasteiger charge is -2.24. The third-order valence-electron chi connectivity index (χ3n) is 4.28. The summed E-state index contributed by atoms with van der Waals surface area (Å²) in [6.45, 7) is 3.62. The maximum absolute atomic E-state index is 12.9. The van der Waals surface area contributed by atoms with Crippen molar-refractivity contribution in [1.29, 1.82) is 0 Å². The highest BCUT2D eigenvalue weighted by atomic mass is 16.2. The van der Waals surface area contributed by atoms with Crippen LogP contribution < -0.4 is 10.6 Å². The van der Waals surface area contributed by atoms with E-state index in [9.17, 15) is 14.4 Å². The van der Waals surface area contributed by atoms with E-state index >= 15 is 0 Å². The van der Waals surface area contributed by atoms with Gasteiger partial charge in [-0.2, -0.15) is 0 Å². The lowest BCUT2D eigenvalue weighted by atomic mass is 9.88. The number of rotatable bonds is 4. The molecule has 0 aromatic heterocycles. The number of benzene rings is 2. The number of carbonyl (C=O) groups is 3. The Labute approximate surface area is 139 Å². The molecule has 1 aliphatic rings. The molecule has 0 spiro atoms. The van der Waals surface area contributed by atoms with Gasteiger partial charge in [0.25, 0.3) is 5.91 Å². The molecule has 3 rings (SSSR count). The van der Waals surface area contributed by atoms with E-state index in [4.69, 9.17) is 0 Å². The maximum Gasteiger partial charge on any atom is 0.325 e. The Morgan fingerprint density at radius 3 is 2.62 bits per heavy atom. The van der Waals surface area contributed by atoms with Crippen molar-refractivity contribution < 1.29 is 14.4 Å². The van der Waals surface area contributed by atoms with Gasteiger partial charge in [-0.3, -0.25) is 14.5 Å². The molecule has 1 saturated heterocycles. The van der Waals surface area contributed by atoms with Gasteiger partial charge in [-0.15, -0.1) is 0 Å². The minimum atomic E-state index is -1.19. The molecule has 0 bridgehead atoms. The molecule has 0 saturated carbocycles. The van der Waals surface area contributed by atoms with E-state index in [1.807, 2.05) is 42.5 Å². The molecule has 2 aromatic rings. The van der Waals surface area contributed by atoms with Gasteiger partial charge in [0.15, 0.2) is 0 Å². The highest BCUT2D eigenvalue weighted by molar-refractivity contribution is 6.10. The number of hydrogen-bond donors (Lipinski definition) is 2. The third-order valence-corrected chi connectivity index (χ3v) is 4.28. The predicted octanol–water partition coefficient (Wildman–Crippen LogP) is 1.74. The van der Waals surface area contributed by atoms with Crippen molar-refractivity contribution >= 4 is 28.6 Å². The molecule has 2 N–H and O–H groups in total. The van der Waals surface area contributed by atoms with Gasteiger partial charge in [-0.25, -0.2) is 4.79 Å². The second-order valence-electron chi connectivity index (χ2n) is 5.93. The number of hydrogen-bond acceptors (Lipinski definition) is 3. The van der Waals surface area contributed by atoms with Crippen molar-refractivity contribution in [2.24, 2.45) is 0 Å². The van der Waals surface area contributed by atoms with Gasteiger partial charge >= 0.3 is 6.03 Å². The quantitative estimate of drug-likeness (QED) is 0.841. The van der Waals surface area contributed by atoms with Gasteiger partial charge in [0.05, 0.1) is 0 Å². The Morgan fingerprint density at radius 1 is 1.17 bits per heavy atom. The van der Waals surface area contributed by atoms with E-state index in [2.05, 4.69) is 10.6 Å². The molecule has 24 heavy (non-hydrogen) atoms. The zero-order valence-electron chi connectivity index (χ0n) is 13.6. The summed E-state index contributed by atoms with van der Waals surface area (Å²) < 4.78 is 0. The predicted molar refractivity (Wildman–Crippen MR) is 90.2 cm³/mol. The molecule has 1 heterocycles. The number of fused-ring (bicyclic) bond motifs is 1. The van der Waals surface area contributed by atoms with Gasteiger partial charge in [0, 0.05) is 6.54 Å². The van der Waals surface area contributed by atoms with Crippen molar-refractivity contribution in [2.45, 2.75) is 19.4 Å². The summed E-state index contributed by atoms with van der Waals surface area (Å²) in [7, 11) is 0. The molecule has 124 valence electrons. The Bertz CT molecular complexity index is 828. The average molecular weight is 325 g/mol. The molecule has 6 heteroatoms. The SMILES string of the molecule is CCNC(=O)CN1C(=O)NC(C)(c2cccc3ccccc23)C1=O. The monoisotopic (exact) mass is 325 g/mol. The van der Waals surface area contributed by atoms with Crippen LogP contribution in [0.25, 0.3) is 10.8 Å². The topological polar surface area (TPSA) is 78.5 Å². The third kappa shape index (κ3) is 2.50.